The van der Waals surface area contributed by atoms with Crippen LogP contribution in [0.2, 0.25) is 0 Å². The van der Waals surface area contributed by atoms with Gasteiger partial charge in [0.05, 0.1) is 12.7 Å². The first-order chi connectivity index (χ1) is 7.76. The lowest BCUT2D eigenvalue weighted by Gasteiger charge is -2.16. The van der Waals surface area contributed by atoms with Crippen molar-refractivity contribution in [3.05, 3.63) is 11.8 Å². The average molecular weight is 258 g/mol. The minimum absolute atomic E-state index is 0.627. The van der Waals surface area contributed by atoms with Gasteiger partial charge in [-0.1, -0.05) is 0 Å². The molecule has 1 heterocycles. The van der Waals surface area contributed by atoms with Gasteiger partial charge in [-0.3, -0.25) is 0 Å². The molecule has 0 unspecified atom stereocenters. The summed E-state index contributed by atoms with van der Waals surface area (Å²) in [6.45, 7) is 0. The summed E-state index contributed by atoms with van der Waals surface area (Å²) in [5.74, 6) is -2.55. The molecule has 0 radical (unpaired) electrons. The van der Waals surface area contributed by atoms with Gasteiger partial charge in [-0.2, -0.15) is 0 Å². The SMILES string of the molecule is COc1c(C(F)F)cnc(N)c1OC(F)(F)F. The predicted molar refractivity (Wildman–Crippen MR) is 46.8 cm³/mol. The summed E-state index contributed by atoms with van der Waals surface area (Å²) in [6, 6.07) is 0. The Bertz CT molecular complexity index is 408. The van der Waals surface area contributed by atoms with E-state index in [1.807, 2.05) is 0 Å². The van der Waals surface area contributed by atoms with Gasteiger partial charge in [-0.25, -0.2) is 13.8 Å². The second kappa shape index (κ2) is 4.60. The molecule has 2 N–H and O–H groups in total. The van der Waals surface area contributed by atoms with E-state index in [9.17, 15) is 22.0 Å². The lowest BCUT2D eigenvalue weighted by molar-refractivity contribution is -0.274. The van der Waals surface area contributed by atoms with E-state index in [0.29, 0.717) is 6.20 Å². The molecule has 0 saturated heterocycles. The summed E-state index contributed by atoms with van der Waals surface area (Å²) in [7, 11) is 0.921. The first kappa shape index (κ1) is 13.3. The number of methoxy groups -OCH3 is 1. The smallest absolute Gasteiger partial charge is 0.492 e. The summed E-state index contributed by atoms with van der Waals surface area (Å²) in [5, 5.41) is 0. The second-order valence-electron chi connectivity index (χ2n) is 2.81. The van der Waals surface area contributed by atoms with Crippen molar-refractivity contribution in [2.45, 2.75) is 12.8 Å². The molecule has 0 aliphatic rings. The van der Waals surface area contributed by atoms with E-state index in [1.54, 1.807) is 0 Å². The molecule has 1 aromatic heterocycles. The molecule has 0 aliphatic heterocycles. The van der Waals surface area contributed by atoms with Crippen molar-refractivity contribution < 1.29 is 31.4 Å². The molecule has 4 nitrogen and oxygen atoms in total. The average Bonchev–Trinajstić information content (AvgIpc) is 2.18. The van der Waals surface area contributed by atoms with E-state index >= 15 is 0 Å². The van der Waals surface area contributed by atoms with Gasteiger partial charge in [0.1, 0.15) is 0 Å². The molecule has 96 valence electrons. The van der Waals surface area contributed by atoms with Crippen LogP contribution < -0.4 is 15.2 Å². The van der Waals surface area contributed by atoms with E-state index in [0.717, 1.165) is 7.11 Å². The molecule has 0 bridgehead atoms. The van der Waals surface area contributed by atoms with Crippen LogP contribution in [-0.4, -0.2) is 18.5 Å². The maximum absolute atomic E-state index is 12.5. The Morgan fingerprint density at radius 1 is 1.29 bits per heavy atom. The van der Waals surface area contributed by atoms with Crippen LogP contribution in [0.15, 0.2) is 6.20 Å². The van der Waals surface area contributed by atoms with Crippen molar-refractivity contribution in [1.29, 1.82) is 0 Å². The molecule has 0 atom stereocenters. The Morgan fingerprint density at radius 2 is 1.88 bits per heavy atom. The quantitative estimate of drug-likeness (QED) is 0.846. The number of halogens is 5. The third kappa shape index (κ3) is 3.08. The minimum Gasteiger partial charge on any atom is -0.492 e. The number of alkyl halides is 5. The number of rotatable bonds is 3. The summed E-state index contributed by atoms with van der Waals surface area (Å²) in [4.78, 5) is 3.19. The fourth-order valence-electron chi connectivity index (χ4n) is 1.08. The second-order valence-corrected chi connectivity index (χ2v) is 2.81. The summed E-state index contributed by atoms with van der Waals surface area (Å²) in [5.41, 5.74) is 4.28. The Hall–Kier alpha value is -1.80. The van der Waals surface area contributed by atoms with Crippen LogP contribution in [0, 0.1) is 0 Å². The Balaban J connectivity index is 3.30. The Kier molecular flexibility index (Phi) is 3.59. The number of hydrogen-bond donors (Lipinski definition) is 1. The number of pyridine rings is 1. The highest BCUT2D eigenvalue weighted by Crippen LogP contribution is 2.41. The Labute approximate surface area is 92.1 Å². The number of aromatic nitrogens is 1. The molecule has 9 heteroatoms. The van der Waals surface area contributed by atoms with Crippen LogP contribution in [0.5, 0.6) is 11.5 Å². The summed E-state index contributed by atoms with van der Waals surface area (Å²) in [6.07, 6.45) is -7.51. The largest absolute Gasteiger partial charge is 0.573 e. The van der Waals surface area contributed by atoms with Crippen molar-refractivity contribution in [2.75, 3.05) is 12.8 Å². The van der Waals surface area contributed by atoms with Crippen LogP contribution in [0.3, 0.4) is 0 Å². The maximum atomic E-state index is 12.5. The molecular weight excluding hydrogens is 251 g/mol. The maximum Gasteiger partial charge on any atom is 0.573 e. The fraction of sp³-hybridized carbons (Fsp3) is 0.375. The van der Waals surface area contributed by atoms with Crippen molar-refractivity contribution in [1.82, 2.24) is 4.98 Å². The third-order valence-corrected chi connectivity index (χ3v) is 1.70. The van der Waals surface area contributed by atoms with Crippen LogP contribution >= 0.6 is 0 Å². The highest BCUT2D eigenvalue weighted by atomic mass is 19.4. The highest BCUT2D eigenvalue weighted by Gasteiger charge is 2.35. The number of nitrogens with two attached hydrogens (primary N) is 1. The molecular formula is C8H7F5N2O2. The molecule has 0 aliphatic carbocycles. The van der Waals surface area contributed by atoms with E-state index in [1.165, 1.54) is 0 Å². The van der Waals surface area contributed by atoms with Gasteiger partial charge >= 0.3 is 6.36 Å². The van der Waals surface area contributed by atoms with Crippen molar-refractivity contribution in [2.24, 2.45) is 0 Å². The van der Waals surface area contributed by atoms with Gasteiger partial charge in [-0.15, -0.1) is 13.2 Å². The van der Waals surface area contributed by atoms with Crippen LogP contribution in [0.1, 0.15) is 12.0 Å². The zero-order valence-corrected chi connectivity index (χ0v) is 8.39. The summed E-state index contributed by atoms with van der Waals surface area (Å²) < 4.78 is 68.9. The van der Waals surface area contributed by atoms with Gasteiger partial charge in [0, 0.05) is 6.20 Å². The Morgan fingerprint density at radius 3 is 2.29 bits per heavy atom. The van der Waals surface area contributed by atoms with E-state index in [2.05, 4.69) is 14.5 Å². The lowest BCUT2D eigenvalue weighted by atomic mass is 10.2. The van der Waals surface area contributed by atoms with E-state index in [4.69, 9.17) is 5.73 Å². The first-order valence-electron chi connectivity index (χ1n) is 4.12. The fourth-order valence-corrected chi connectivity index (χ4v) is 1.08. The zero-order valence-electron chi connectivity index (χ0n) is 8.39. The molecule has 0 fully saturated rings. The highest BCUT2D eigenvalue weighted by molar-refractivity contribution is 5.58. The molecule has 0 amide bonds. The van der Waals surface area contributed by atoms with E-state index < -0.39 is 35.7 Å². The molecule has 17 heavy (non-hydrogen) atoms. The number of anilines is 1. The van der Waals surface area contributed by atoms with Crippen LogP contribution in [-0.2, 0) is 0 Å². The van der Waals surface area contributed by atoms with Crippen molar-refractivity contribution in [3.8, 4) is 11.5 Å². The van der Waals surface area contributed by atoms with Gasteiger partial charge < -0.3 is 15.2 Å². The first-order valence-corrected chi connectivity index (χ1v) is 4.12. The minimum atomic E-state index is -5.08. The number of ether oxygens (including phenoxy) is 2. The normalized spacial score (nSPS) is 11.7. The van der Waals surface area contributed by atoms with Gasteiger partial charge in [0.25, 0.3) is 6.43 Å². The van der Waals surface area contributed by atoms with Crippen LogP contribution in [0.4, 0.5) is 27.8 Å². The number of nitrogen functional groups attached to an aromatic ring is 1. The van der Waals surface area contributed by atoms with Gasteiger partial charge in [-0.05, 0) is 0 Å². The molecule has 1 rings (SSSR count). The molecule has 0 saturated carbocycles. The number of nitrogens with zero attached hydrogens (tertiary/aromatic N) is 1. The lowest BCUT2D eigenvalue weighted by Crippen LogP contribution is -2.19. The predicted octanol–water partition coefficient (Wildman–Crippen LogP) is 2.51. The molecule has 1 aromatic rings. The van der Waals surface area contributed by atoms with Crippen molar-refractivity contribution >= 4 is 5.82 Å². The summed E-state index contributed by atoms with van der Waals surface area (Å²) >= 11 is 0. The van der Waals surface area contributed by atoms with Crippen LogP contribution in [0.25, 0.3) is 0 Å². The molecule has 0 aromatic carbocycles. The van der Waals surface area contributed by atoms with Gasteiger partial charge in [0.2, 0.25) is 5.75 Å². The standard InChI is InChI=1S/C8H7F5N2O2/c1-16-4-3(6(9)10)2-15-7(14)5(4)17-8(11,12)13/h2,6H,1H3,(H2,14,15). The molecule has 0 spiro atoms. The van der Waals surface area contributed by atoms with Gasteiger partial charge in [0.15, 0.2) is 11.6 Å². The topological polar surface area (TPSA) is 57.4 Å². The monoisotopic (exact) mass is 258 g/mol. The zero-order chi connectivity index (χ0) is 13.2. The van der Waals surface area contributed by atoms with E-state index in [-0.39, 0.29) is 0 Å². The number of hydrogen-bond acceptors (Lipinski definition) is 4. The van der Waals surface area contributed by atoms with Crippen molar-refractivity contribution in [3.63, 3.8) is 0 Å². The third-order valence-electron chi connectivity index (χ3n) is 1.70.